The van der Waals surface area contributed by atoms with Gasteiger partial charge >= 0.3 is 17.9 Å². The molecule has 72 heavy (non-hydrogen) atoms. The standard InChI is InChI=1S/C66H114O6/c1-4-7-10-13-16-19-22-25-27-29-31-32-33-34-36-37-39-41-44-47-50-53-56-59-65(68)71-62-63(61-70-64(67)58-55-52-49-46-43-24-21-18-15-12-9-6-3)72-66(69)60-57-54-51-48-45-42-40-38-35-30-28-26-23-20-17-14-11-8-5-2/h7,10,16,19,25-28,31-32,34,36,39,41,63H,4-6,8-9,11-15,17-18,20-24,29-30,33,35,37-38,40,42-62H2,1-3H3/b10-7-,19-16-,27-25-,28-26-,32-31-,36-34-,41-39-. The van der Waals surface area contributed by atoms with Crippen LogP contribution in [-0.2, 0) is 28.6 Å². The van der Waals surface area contributed by atoms with Gasteiger partial charge in [0.05, 0.1) is 0 Å². The number of allylic oxidation sites excluding steroid dienone is 14. The third-order valence-electron chi connectivity index (χ3n) is 13.1. The lowest BCUT2D eigenvalue weighted by atomic mass is 10.0. The smallest absolute Gasteiger partial charge is 0.306 e. The second-order valence-electron chi connectivity index (χ2n) is 20.2. The van der Waals surface area contributed by atoms with Gasteiger partial charge in [0, 0.05) is 19.3 Å². The highest BCUT2D eigenvalue weighted by Crippen LogP contribution is 2.16. The van der Waals surface area contributed by atoms with Crippen LogP contribution in [-0.4, -0.2) is 37.2 Å². The van der Waals surface area contributed by atoms with Gasteiger partial charge in [-0.05, 0) is 96.3 Å². The first-order valence-corrected chi connectivity index (χ1v) is 30.6. The van der Waals surface area contributed by atoms with E-state index in [9.17, 15) is 14.4 Å². The molecular weight excluding hydrogens is 889 g/mol. The van der Waals surface area contributed by atoms with E-state index in [2.05, 4.69) is 106 Å². The maximum absolute atomic E-state index is 12.9. The Kier molecular flexibility index (Phi) is 57.3. The summed E-state index contributed by atoms with van der Waals surface area (Å²) in [6.45, 7) is 6.52. The second-order valence-corrected chi connectivity index (χ2v) is 20.2. The van der Waals surface area contributed by atoms with Gasteiger partial charge in [-0.2, -0.15) is 0 Å². The number of rotatable bonds is 55. The largest absolute Gasteiger partial charge is 0.462 e. The third kappa shape index (κ3) is 57.5. The molecule has 0 aliphatic heterocycles. The van der Waals surface area contributed by atoms with Crippen molar-refractivity contribution in [2.75, 3.05) is 13.2 Å². The van der Waals surface area contributed by atoms with E-state index in [-0.39, 0.29) is 31.1 Å². The number of carbonyl (C=O) groups is 3. The third-order valence-corrected chi connectivity index (χ3v) is 13.1. The predicted octanol–water partition coefficient (Wildman–Crippen LogP) is 20.7. The summed E-state index contributed by atoms with van der Waals surface area (Å²) in [5, 5.41) is 0. The molecule has 6 nitrogen and oxygen atoms in total. The summed E-state index contributed by atoms with van der Waals surface area (Å²) in [4.78, 5) is 38.2. The summed E-state index contributed by atoms with van der Waals surface area (Å²) in [6, 6.07) is 0. The van der Waals surface area contributed by atoms with Gasteiger partial charge in [0.15, 0.2) is 6.10 Å². The molecule has 0 rings (SSSR count). The van der Waals surface area contributed by atoms with Crippen LogP contribution in [0.2, 0.25) is 0 Å². The molecule has 0 saturated heterocycles. The molecule has 0 fully saturated rings. The van der Waals surface area contributed by atoms with Gasteiger partial charge < -0.3 is 14.2 Å². The molecule has 0 aromatic rings. The summed E-state index contributed by atoms with van der Waals surface area (Å²) >= 11 is 0. The van der Waals surface area contributed by atoms with Crippen molar-refractivity contribution >= 4 is 17.9 Å². The van der Waals surface area contributed by atoms with Gasteiger partial charge in [0.1, 0.15) is 13.2 Å². The van der Waals surface area contributed by atoms with Crippen molar-refractivity contribution in [3.8, 4) is 0 Å². The molecule has 0 N–H and O–H groups in total. The first kappa shape index (κ1) is 68.6. The molecule has 0 aliphatic rings. The topological polar surface area (TPSA) is 78.9 Å². The van der Waals surface area contributed by atoms with Gasteiger partial charge in [-0.3, -0.25) is 14.4 Å². The number of esters is 3. The predicted molar refractivity (Wildman–Crippen MR) is 311 cm³/mol. The molecule has 1 unspecified atom stereocenters. The van der Waals surface area contributed by atoms with E-state index in [1.807, 2.05) is 0 Å². The van der Waals surface area contributed by atoms with Crippen LogP contribution in [0.1, 0.15) is 297 Å². The molecule has 0 bridgehead atoms. The molecule has 0 saturated carbocycles. The van der Waals surface area contributed by atoms with E-state index in [1.165, 1.54) is 148 Å². The first-order chi connectivity index (χ1) is 35.5. The summed E-state index contributed by atoms with van der Waals surface area (Å²) < 4.78 is 16.9. The van der Waals surface area contributed by atoms with Crippen LogP contribution in [0.5, 0.6) is 0 Å². The molecular formula is C66H114O6. The van der Waals surface area contributed by atoms with E-state index in [4.69, 9.17) is 14.2 Å². The highest BCUT2D eigenvalue weighted by molar-refractivity contribution is 5.71. The first-order valence-electron chi connectivity index (χ1n) is 30.6. The molecule has 0 heterocycles. The van der Waals surface area contributed by atoms with Crippen LogP contribution in [0, 0.1) is 0 Å². The van der Waals surface area contributed by atoms with E-state index < -0.39 is 6.10 Å². The van der Waals surface area contributed by atoms with Gasteiger partial charge in [-0.25, -0.2) is 0 Å². The quantitative estimate of drug-likeness (QED) is 0.0261. The maximum Gasteiger partial charge on any atom is 0.306 e. The van der Waals surface area contributed by atoms with Crippen molar-refractivity contribution in [2.45, 2.75) is 303 Å². The summed E-state index contributed by atoms with van der Waals surface area (Å²) in [7, 11) is 0. The van der Waals surface area contributed by atoms with Crippen LogP contribution in [0.3, 0.4) is 0 Å². The number of carbonyl (C=O) groups excluding carboxylic acids is 3. The Morgan fingerprint density at radius 2 is 0.542 bits per heavy atom. The Morgan fingerprint density at radius 1 is 0.292 bits per heavy atom. The molecule has 0 spiro atoms. The van der Waals surface area contributed by atoms with Crippen molar-refractivity contribution in [2.24, 2.45) is 0 Å². The van der Waals surface area contributed by atoms with Gasteiger partial charge in [0.2, 0.25) is 0 Å². The lowest BCUT2D eigenvalue weighted by Gasteiger charge is -2.18. The number of hydrogen-bond acceptors (Lipinski definition) is 6. The zero-order valence-electron chi connectivity index (χ0n) is 47.4. The van der Waals surface area contributed by atoms with Crippen LogP contribution in [0.4, 0.5) is 0 Å². The van der Waals surface area contributed by atoms with Crippen molar-refractivity contribution < 1.29 is 28.6 Å². The summed E-state index contributed by atoms with van der Waals surface area (Å²) in [5.41, 5.74) is 0. The fourth-order valence-electron chi connectivity index (χ4n) is 8.56. The van der Waals surface area contributed by atoms with E-state index in [0.717, 1.165) is 109 Å². The second kappa shape index (κ2) is 60.1. The lowest BCUT2D eigenvalue weighted by molar-refractivity contribution is -0.167. The molecule has 1 atom stereocenters. The monoisotopic (exact) mass is 1000 g/mol. The fourth-order valence-corrected chi connectivity index (χ4v) is 8.56. The lowest BCUT2D eigenvalue weighted by Crippen LogP contribution is -2.30. The maximum atomic E-state index is 12.9. The molecule has 0 amide bonds. The Bertz CT molecular complexity index is 1380. The minimum Gasteiger partial charge on any atom is -0.462 e. The van der Waals surface area contributed by atoms with Gasteiger partial charge in [0.25, 0.3) is 0 Å². The van der Waals surface area contributed by atoms with Crippen molar-refractivity contribution in [1.82, 2.24) is 0 Å². The van der Waals surface area contributed by atoms with Crippen molar-refractivity contribution in [3.05, 3.63) is 85.1 Å². The van der Waals surface area contributed by atoms with Crippen LogP contribution in [0.25, 0.3) is 0 Å². The Morgan fingerprint density at radius 3 is 0.861 bits per heavy atom. The van der Waals surface area contributed by atoms with Crippen molar-refractivity contribution in [1.29, 1.82) is 0 Å². The SMILES string of the molecule is CC/C=C\C/C=C\C/C=C\C/C=C\C/C=C\C/C=C\CCCCCCC(=O)OCC(COC(=O)CCCCCCCCCCCCCC)OC(=O)CCCCCCCCCCC/C=C\CCCCCCCC. The highest BCUT2D eigenvalue weighted by atomic mass is 16.6. The number of unbranched alkanes of at least 4 members (excludes halogenated alkanes) is 30. The zero-order chi connectivity index (χ0) is 52.2. The number of ether oxygens (including phenoxy) is 3. The number of hydrogen-bond donors (Lipinski definition) is 0. The van der Waals surface area contributed by atoms with Gasteiger partial charge in [-0.1, -0.05) is 266 Å². The van der Waals surface area contributed by atoms with E-state index in [0.29, 0.717) is 19.3 Å². The molecule has 414 valence electrons. The molecule has 0 aromatic heterocycles. The van der Waals surface area contributed by atoms with Gasteiger partial charge in [-0.15, -0.1) is 0 Å². The Hall–Kier alpha value is -3.41. The normalized spacial score (nSPS) is 12.7. The summed E-state index contributed by atoms with van der Waals surface area (Å²) in [5.74, 6) is -0.901. The van der Waals surface area contributed by atoms with Crippen LogP contribution in [0.15, 0.2) is 85.1 Å². The minimum absolute atomic E-state index is 0.0831. The summed E-state index contributed by atoms with van der Waals surface area (Å²) in [6.07, 6.45) is 78.6. The minimum atomic E-state index is -0.787. The van der Waals surface area contributed by atoms with Crippen LogP contribution < -0.4 is 0 Å². The molecule has 0 aromatic carbocycles. The van der Waals surface area contributed by atoms with Crippen molar-refractivity contribution in [3.63, 3.8) is 0 Å². The fraction of sp³-hybridized carbons (Fsp3) is 0.742. The molecule has 0 aliphatic carbocycles. The molecule has 6 heteroatoms. The average molecular weight is 1000 g/mol. The van der Waals surface area contributed by atoms with E-state index >= 15 is 0 Å². The highest BCUT2D eigenvalue weighted by Gasteiger charge is 2.19. The molecule has 0 radical (unpaired) electrons. The van der Waals surface area contributed by atoms with Crippen LogP contribution >= 0.6 is 0 Å². The van der Waals surface area contributed by atoms with E-state index in [1.54, 1.807) is 0 Å². The Labute approximate surface area is 445 Å². The Balaban J connectivity index is 4.38. The zero-order valence-corrected chi connectivity index (χ0v) is 47.4. The average Bonchev–Trinajstić information content (AvgIpc) is 3.38.